The molecule has 84 valence electrons. The smallest absolute Gasteiger partial charge is 0.171 e. The Balaban J connectivity index is 3.11. The second kappa shape index (κ2) is 5.04. The lowest BCUT2D eigenvalue weighted by molar-refractivity contribution is 0.164. The molecule has 0 saturated heterocycles. The molecule has 0 amide bonds. The van der Waals surface area contributed by atoms with Crippen LogP contribution in [-0.4, -0.2) is 18.8 Å². The first kappa shape index (κ1) is 11.9. The van der Waals surface area contributed by atoms with E-state index in [0.717, 1.165) is 12.1 Å². The van der Waals surface area contributed by atoms with Gasteiger partial charge in [-0.15, -0.1) is 0 Å². The van der Waals surface area contributed by atoms with Crippen LogP contribution in [0, 0.1) is 11.6 Å². The molecule has 3 N–H and O–H groups in total. The lowest BCUT2D eigenvalue weighted by atomic mass is 10.1. The van der Waals surface area contributed by atoms with E-state index in [1.807, 2.05) is 0 Å². The van der Waals surface area contributed by atoms with Gasteiger partial charge in [-0.25, -0.2) is 8.78 Å². The van der Waals surface area contributed by atoms with Crippen LogP contribution in [0.25, 0.3) is 0 Å². The zero-order chi connectivity index (χ0) is 11.4. The second-order valence-electron chi connectivity index (χ2n) is 3.10. The Hall–Kier alpha value is -1.20. The van der Waals surface area contributed by atoms with Gasteiger partial charge in [0.15, 0.2) is 11.6 Å². The number of aliphatic hydroxyl groups excluding tert-OH is 1. The molecule has 0 radical (unpaired) electrons. The first-order chi connectivity index (χ1) is 7.10. The molecule has 0 aromatic heterocycles. The van der Waals surface area contributed by atoms with E-state index in [2.05, 4.69) is 4.74 Å². The highest BCUT2D eigenvalue weighted by Gasteiger charge is 2.17. The maximum Gasteiger partial charge on any atom is 0.171 e. The quantitative estimate of drug-likeness (QED) is 0.800. The molecule has 0 fully saturated rings. The Morgan fingerprint density at radius 3 is 2.67 bits per heavy atom. The van der Waals surface area contributed by atoms with Gasteiger partial charge in [0.2, 0.25) is 0 Å². The molecule has 15 heavy (non-hydrogen) atoms. The number of aliphatic hydroxyl groups is 1. The summed E-state index contributed by atoms with van der Waals surface area (Å²) in [7, 11) is 1.23. The molecule has 3 nitrogen and oxygen atoms in total. The summed E-state index contributed by atoms with van der Waals surface area (Å²) in [5.41, 5.74) is 5.09. The summed E-state index contributed by atoms with van der Waals surface area (Å²) in [5.74, 6) is -1.62. The van der Waals surface area contributed by atoms with Crippen molar-refractivity contribution in [3.05, 3.63) is 29.3 Å². The molecule has 1 aromatic rings. The largest absolute Gasteiger partial charge is 0.494 e. The van der Waals surface area contributed by atoms with Crippen LogP contribution in [-0.2, 0) is 0 Å². The topological polar surface area (TPSA) is 55.5 Å². The van der Waals surface area contributed by atoms with Crippen molar-refractivity contribution in [2.45, 2.75) is 12.5 Å². The maximum atomic E-state index is 13.5. The minimum Gasteiger partial charge on any atom is -0.494 e. The van der Waals surface area contributed by atoms with E-state index in [9.17, 15) is 13.9 Å². The molecule has 0 spiro atoms. The van der Waals surface area contributed by atoms with Gasteiger partial charge in [-0.05, 0) is 19.0 Å². The molecular weight excluding hydrogens is 204 g/mol. The molecule has 0 aliphatic carbocycles. The normalized spacial score (nSPS) is 12.6. The summed E-state index contributed by atoms with van der Waals surface area (Å²) in [6.07, 6.45) is -0.941. The lowest BCUT2D eigenvalue weighted by Crippen LogP contribution is -2.09. The Morgan fingerprint density at radius 2 is 2.13 bits per heavy atom. The van der Waals surface area contributed by atoms with Crippen LogP contribution in [0.1, 0.15) is 18.1 Å². The van der Waals surface area contributed by atoms with Crippen LogP contribution >= 0.6 is 0 Å². The average Bonchev–Trinajstić information content (AvgIpc) is 2.21. The monoisotopic (exact) mass is 217 g/mol. The predicted octanol–water partition coefficient (Wildman–Crippen LogP) is 1.36. The van der Waals surface area contributed by atoms with Gasteiger partial charge >= 0.3 is 0 Å². The van der Waals surface area contributed by atoms with Crippen molar-refractivity contribution in [2.24, 2.45) is 5.73 Å². The van der Waals surface area contributed by atoms with Crippen molar-refractivity contribution in [3.8, 4) is 5.75 Å². The molecule has 0 heterocycles. The zero-order valence-corrected chi connectivity index (χ0v) is 8.34. The third-order valence-electron chi connectivity index (χ3n) is 2.05. The number of hydrogen-bond acceptors (Lipinski definition) is 3. The third kappa shape index (κ3) is 2.64. The van der Waals surface area contributed by atoms with E-state index >= 15 is 0 Å². The van der Waals surface area contributed by atoms with Crippen molar-refractivity contribution >= 4 is 0 Å². The van der Waals surface area contributed by atoms with Crippen molar-refractivity contribution in [2.75, 3.05) is 13.7 Å². The highest BCUT2D eigenvalue weighted by molar-refractivity contribution is 5.33. The van der Waals surface area contributed by atoms with E-state index in [-0.39, 0.29) is 24.3 Å². The SMILES string of the molecule is COc1cc(F)cc(C(O)CCN)c1F. The van der Waals surface area contributed by atoms with E-state index in [4.69, 9.17) is 5.73 Å². The molecule has 5 heteroatoms. The second-order valence-corrected chi connectivity index (χ2v) is 3.10. The van der Waals surface area contributed by atoms with Crippen molar-refractivity contribution in [1.29, 1.82) is 0 Å². The fraction of sp³-hybridized carbons (Fsp3) is 0.400. The van der Waals surface area contributed by atoms with E-state index in [1.54, 1.807) is 0 Å². The van der Waals surface area contributed by atoms with E-state index in [1.165, 1.54) is 7.11 Å². The standard InChI is InChI=1S/C10H13F2NO2/c1-15-9-5-6(11)4-7(10(9)12)8(14)2-3-13/h4-5,8,14H,2-3,13H2,1H3. The van der Waals surface area contributed by atoms with Crippen molar-refractivity contribution in [3.63, 3.8) is 0 Å². The molecule has 1 aromatic carbocycles. The highest BCUT2D eigenvalue weighted by Crippen LogP contribution is 2.27. The lowest BCUT2D eigenvalue weighted by Gasteiger charge is -2.13. The van der Waals surface area contributed by atoms with Crippen LogP contribution in [0.4, 0.5) is 8.78 Å². The van der Waals surface area contributed by atoms with Gasteiger partial charge in [-0.1, -0.05) is 0 Å². The summed E-state index contributed by atoms with van der Waals surface area (Å²) in [6.45, 7) is 0.194. The van der Waals surface area contributed by atoms with Crippen LogP contribution < -0.4 is 10.5 Å². The van der Waals surface area contributed by atoms with Crippen molar-refractivity contribution < 1.29 is 18.6 Å². The molecule has 1 atom stereocenters. The summed E-state index contributed by atoms with van der Waals surface area (Å²) < 4.78 is 31.2. The molecule has 0 saturated carbocycles. The predicted molar refractivity (Wildman–Crippen MR) is 51.5 cm³/mol. The van der Waals surface area contributed by atoms with Gasteiger partial charge in [0.05, 0.1) is 13.2 Å². The summed E-state index contributed by atoms with van der Waals surface area (Å²) in [6, 6.07) is 1.87. The minimum absolute atomic E-state index is 0.127. The minimum atomic E-state index is -1.11. The number of benzene rings is 1. The number of nitrogens with two attached hydrogens (primary N) is 1. The summed E-state index contributed by atoms with van der Waals surface area (Å²) in [4.78, 5) is 0. The van der Waals surface area contributed by atoms with E-state index in [0.29, 0.717) is 0 Å². The Labute approximate surface area is 86.5 Å². The average molecular weight is 217 g/mol. The van der Waals surface area contributed by atoms with Gasteiger partial charge < -0.3 is 15.6 Å². The maximum absolute atomic E-state index is 13.5. The van der Waals surface area contributed by atoms with Gasteiger partial charge in [0, 0.05) is 11.6 Å². The van der Waals surface area contributed by atoms with E-state index < -0.39 is 17.7 Å². The first-order valence-corrected chi connectivity index (χ1v) is 4.51. The van der Waals surface area contributed by atoms with Gasteiger partial charge in [0.25, 0.3) is 0 Å². The number of hydrogen-bond donors (Lipinski definition) is 2. The van der Waals surface area contributed by atoms with Gasteiger partial charge in [0.1, 0.15) is 5.82 Å². The molecule has 0 bridgehead atoms. The molecule has 0 aliphatic rings. The van der Waals surface area contributed by atoms with Crippen LogP contribution in [0.2, 0.25) is 0 Å². The summed E-state index contributed by atoms with van der Waals surface area (Å²) in [5, 5.41) is 9.50. The fourth-order valence-corrected chi connectivity index (χ4v) is 1.29. The number of ether oxygens (including phenoxy) is 1. The fourth-order valence-electron chi connectivity index (χ4n) is 1.29. The number of halogens is 2. The number of methoxy groups -OCH3 is 1. The Kier molecular flexibility index (Phi) is 3.99. The highest BCUT2D eigenvalue weighted by atomic mass is 19.1. The van der Waals surface area contributed by atoms with Crippen LogP contribution in [0.15, 0.2) is 12.1 Å². The van der Waals surface area contributed by atoms with Crippen LogP contribution in [0.3, 0.4) is 0 Å². The summed E-state index contributed by atoms with van der Waals surface area (Å²) >= 11 is 0. The Bertz CT molecular complexity index is 344. The molecule has 1 unspecified atom stereocenters. The number of rotatable bonds is 4. The zero-order valence-electron chi connectivity index (χ0n) is 8.34. The third-order valence-corrected chi connectivity index (χ3v) is 2.05. The van der Waals surface area contributed by atoms with Crippen molar-refractivity contribution in [1.82, 2.24) is 0 Å². The molecule has 1 rings (SSSR count). The molecular formula is C10H13F2NO2. The Morgan fingerprint density at radius 1 is 1.47 bits per heavy atom. The van der Waals surface area contributed by atoms with Gasteiger partial charge in [-0.2, -0.15) is 0 Å². The van der Waals surface area contributed by atoms with Crippen LogP contribution in [0.5, 0.6) is 5.75 Å². The molecule has 0 aliphatic heterocycles. The first-order valence-electron chi connectivity index (χ1n) is 4.51. The van der Waals surface area contributed by atoms with Gasteiger partial charge in [-0.3, -0.25) is 0 Å².